The molecule has 0 atom stereocenters. The molecular formula is C14H16N4O2S. The summed E-state index contributed by atoms with van der Waals surface area (Å²) in [7, 11) is 0. The average molecular weight is 304 g/mol. The van der Waals surface area contributed by atoms with E-state index >= 15 is 0 Å². The number of aryl methyl sites for hydroxylation is 1. The molecule has 1 fully saturated rings. The van der Waals surface area contributed by atoms with Crippen LogP contribution in [-0.4, -0.2) is 47.4 Å². The Balaban J connectivity index is 1.54. The summed E-state index contributed by atoms with van der Waals surface area (Å²) in [5, 5.41) is 10.0. The number of rotatable bonds is 2. The van der Waals surface area contributed by atoms with Gasteiger partial charge in [0.05, 0.1) is 0 Å². The van der Waals surface area contributed by atoms with Gasteiger partial charge in [-0.2, -0.15) is 0 Å². The van der Waals surface area contributed by atoms with Gasteiger partial charge in [-0.05, 0) is 19.1 Å². The highest BCUT2D eigenvalue weighted by Crippen LogP contribution is 2.21. The van der Waals surface area contributed by atoms with Crippen molar-refractivity contribution in [2.24, 2.45) is 0 Å². The first-order valence-electron chi connectivity index (χ1n) is 6.79. The second kappa shape index (κ2) is 6.09. The molecule has 6 nitrogen and oxygen atoms in total. The van der Waals surface area contributed by atoms with E-state index in [-0.39, 0.29) is 6.09 Å². The van der Waals surface area contributed by atoms with Crippen LogP contribution in [0.15, 0.2) is 30.3 Å². The van der Waals surface area contributed by atoms with Crippen molar-refractivity contribution in [3.05, 3.63) is 35.3 Å². The summed E-state index contributed by atoms with van der Waals surface area (Å²) >= 11 is 1.58. The van der Waals surface area contributed by atoms with Gasteiger partial charge in [0.2, 0.25) is 5.13 Å². The lowest BCUT2D eigenvalue weighted by molar-refractivity contribution is 0.149. The van der Waals surface area contributed by atoms with E-state index < -0.39 is 0 Å². The Morgan fingerprint density at radius 2 is 1.86 bits per heavy atom. The van der Waals surface area contributed by atoms with Crippen LogP contribution in [0.5, 0.6) is 5.75 Å². The standard InChI is InChI=1S/C14H16N4O2S/c1-11-15-16-13(21-11)17-7-9-18(10-8-17)14(19)20-12-5-3-2-4-6-12/h2-6H,7-10H2,1H3. The van der Waals surface area contributed by atoms with Crippen molar-refractivity contribution in [2.75, 3.05) is 31.1 Å². The van der Waals surface area contributed by atoms with Crippen molar-refractivity contribution in [3.8, 4) is 5.75 Å². The summed E-state index contributed by atoms with van der Waals surface area (Å²) in [6, 6.07) is 9.13. The van der Waals surface area contributed by atoms with Gasteiger partial charge in [0.1, 0.15) is 10.8 Å². The van der Waals surface area contributed by atoms with Crippen LogP contribution in [0.25, 0.3) is 0 Å². The third-order valence-corrected chi connectivity index (χ3v) is 4.17. The highest BCUT2D eigenvalue weighted by molar-refractivity contribution is 7.15. The molecule has 0 bridgehead atoms. The van der Waals surface area contributed by atoms with Gasteiger partial charge in [-0.25, -0.2) is 4.79 Å². The third-order valence-electron chi connectivity index (χ3n) is 3.27. The first kappa shape index (κ1) is 13.8. The van der Waals surface area contributed by atoms with Gasteiger partial charge in [-0.1, -0.05) is 29.5 Å². The number of hydrogen-bond donors (Lipinski definition) is 0. The Labute approximate surface area is 127 Å². The number of para-hydroxylation sites is 1. The van der Waals surface area contributed by atoms with Gasteiger partial charge in [0, 0.05) is 26.2 Å². The highest BCUT2D eigenvalue weighted by Gasteiger charge is 2.24. The molecule has 7 heteroatoms. The van der Waals surface area contributed by atoms with Crippen LogP contribution in [0.4, 0.5) is 9.93 Å². The lowest BCUT2D eigenvalue weighted by atomic mass is 10.3. The van der Waals surface area contributed by atoms with Crippen molar-refractivity contribution in [1.82, 2.24) is 15.1 Å². The molecule has 0 aliphatic carbocycles. The van der Waals surface area contributed by atoms with Crippen molar-refractivity contribution in [1.29, 1.82) is 0 Å². The average Bonchev–Trinajstić information content (AvgIpc) is 2.95. The van der Waals surface area contributed by atoms with E-state index in [0.29, 0.717) is 18.8 Å². The summed E-state index contributed by atoms with van der Waals surface area (Å²) in [5.41, 5.74) is 0. The van der Waals surface area contributed by atoms with Crippen molar-refractivity contribution < 1.29 is 9.53 Å². The molecule has 0 spiro atoms. The highest BCUT2D eigenvalue weighted by atomic mass is 32.1. The van der Waals surface area contributed by atoms with Crippen LogP contribution in [0, 0.1) is 6.92 Å². The zero-order chi connectivity index (χ0) is 14.7. The van der Waals surface area contributed by atoms with E-state index in [0.717, 1.165) is 23.2 Å². The maximum Gasteiger partial charge on any atom is 0.415 e. The molecule has 0 N–H and O–H groups in total. The molecule has 1 aliphatic rings. The van der Waals surface area contributed by atoms with E-state index in [2.05, 4.69) is 15.1 Å². The summed E-state index contributed by atoms with van der Waals surface area (Å²) in [6.45, 7) is 4.69. The van der Waals surface area contributed by atoms with E-state index in [1.807, 2.05) is 25.1 Å². The SMILES string of the molecule is Cc1nnc(N2CCN(C(=O)Oc3ccccc3)CC2)s1. The molecule has 1 aliphatic heterocycles. The van der Waals surface area contributed by atoms with Crippen LogP contribution in [0.2, 0.25) is 0 Å². The number of benzene rings is 1. The Kier molecular flexibility index (Phi) is 4.01. The summed E-state index contributed by atoms with van der Waals surface area (Å²) in [6.07, 6.45) is -0.297. The van der Waals surface area contributed by atoms with Gasteiger partial charge in [-0.3, -0.25) is 0 Å². The number of ether oxygens (including phenoxy) is 1. The minimum atomic E-state index is -0.297. The quantitative estimate of drug-likeness (QED) is 0.851. The fraction of sp³-hybridized carbons (Fsp3) is 0.357. The maximum atomic E-state index is 12.1. The van der Waals surface area contributed by atoms with Crippen molar-refractivity contribution in [3.63, 3.8) is 0 Å². The third kappa shape index (κ3) is 3.30. The van der Waals surface area contributed by atoms with Gasteiger partial charge in [0.15, 0.2) is 0 Å². The van der Waals surface area contributed by atoms with Crippen molar-refractivity contribution in [2.45, 2.75) is 6.92 Å². The molecule has 0 radical (unpaired) electrons. The maximum absolute atomic E-state index is 12.1. The zero-order valence-corrected chi connectivity index (χ0v) is 12.5. The minimum Gasteiger partial charge on any atom is -0.410 e. The molecule has 21 heavy (non-hydrogen) atoms. The molecule has 1 amide bonds. The van der Waals surface area contributed by atoms with Crippen LogP contribution < -0.4 is 9.64 Å². The topological polar surface area (TPSA) is 58.6 Å². The summed E-state index contributed by atoms with van der Waals surface area (Å²) in [4.78, 5) is 15.9. The lowest BCUT2D eigenvalue weighted by Gasteiger charge is -2.33. The monoisotopic (exact) mass is 304 g/mol. The Morgan fingerprint density at radius 3 is 2.48 bits per heavy atom. The molecular weight excluding hydrogens is 288 g/mol. The van der Waals surface area contributed by atoms with E-state index in [1.54, 1.807) is 28.4 Å². The fourth-order valence-corrected chi connectivity index (χ4v) is 2.89. The molecule has 0 unspecified atom stereocenters. The normalized spacial score (nSPS) is 15.1. The lowest BCUT2D eigenvalue weighted by Crippen LogP contribution is -2.49. The molecule has 110 valence electrons. The molecule has 3 rings (SSSR count). The van der Waals surface area contributed by atoms with Gasteiger partial charge in [0.25, 0.3) is 0 Å². The number of nitrogens with zero attached hydrogens (tertiary/aromatic N) is 4. The number of amides is 1. The number of carbonyl (C=O) groups is 1. The first-order valence-corrected chi connectivity index (χ1v) is 7.61. The van der Waals surface area contributed by atoms with Crippen LogP contribution >= 0.6 is 11.3 Å². The Bertz CT molecular complexity index is 608. The smallest absolute Gasteiger partial charge is 0.410 e. The van der Waals surface area contributed by atoms with Gasteiger partial charge < -0.3 is 14.5 Å². The summed E-state index contributed by atoms with van der Waals surface area (Å²) in [5.74, 6) is 0.574. The zero-order valence-electron chi connectivity index (χ0n) is 11.7. The second-order valence-electron chi connectivity index (χ2n) is 4.76. The number of aromatic nitrogens is 2. The largest absolute Gasteiger partial charge is 0.415 e. The Hall–Kier alpha value is -2.15. The van der Waals surface area contributed by atoms with Crippen molar-refractivity contribution >= 4 is 22.6 Å². The molecule has 0 saturated carbocycles. The van der Waals surface area contributed by atoms with Gasteiger partial charge in [-0.15, -0.1) is 10.2 Å². The second-order valence-corrected chi connectivity index (χ2v) is 5.92. The number of carbonyl (C=O) groups excluding carboxylic acids is 1. The molecule has 1 aromatic heterocycles. The Morgan fingerprint density at radius 1 is 1.14 bits per heavy atom. The predicted octanol–water partition coefficient (Wildman–Crippen LogP) is 2.17. The molecule has 2 heterocycles. The minimum absolute atomic E-state index is 0.297. The van der Waals surface area contributed by atoms with E-state index in [9.17, 15) is 4.79 Å². The summed E-state index contributed by atoms with van der Waals surface area (Å²) < 4.78 is 5.34. The number of hydrogen-bond acceptors (Lipinski definition) is 6. The first-order chi connectivity index (χ1) is 10.2. The number of anilines is 1. The number of piperazine rings is 1. The molecule has 1 aromatic carbocycles. The predicted molar refractivity (Wildman–Crippen MR) is 80.9 cm³/mol. The molecule has 1 saturated heterocycles. The molecule has 2 aromatic rings. The van der Waals surface area contributed by atoms with Crippen LogP contribution in [0.3, 0.4) is 0 Å². The van der Waals surface area contributed by atoms with Gasteiger partial charge >= 0.3 is 6.09 Å². The van der Waals surface area contributed by atoms with E-state index in [4.69, 9.17) is 4.74 Å². The fourth-order valence-electron chi connectivity index (χ4n) is 2.15. The van der Waals surface area contributed by atoms with Crippen LogP contribution in [-0.2, 0) is 0 Å². The van der Waals surface area contributed by atoms with Crippen LogP contribution in [0.1, 0.15) is 5.01 Å². The van der Waals surface area contributed by atoms with E-state index in [1.165, 1.54) is 0 Å².